The van der Waals surface area contributed by atoms with Crippen molar-refractivity contribution >= 4 is 27.7 Å². The van der Waals surface area contributed by atoms with Crippen LogP contribution < -0.4 is 10.9 Å². The molecule has 3 aromatic rings. The molecule has 0 unspecified atom stereocenters. The molecule has 198 valence electrons. The number of aromatic nitrogens is 3. The zero-order chi connectivity index (χ0) is 25.4. The van der Waals surface area contributed by atoms with Gasteiger partial charge in [-0.2, -0.15) is 5.10 Å². The summed E-state index contributed by atoms with van der Waals surface area (Å²) >= 11 is 0. The molecule has 0 bridgehead atoms. The van der Waals surface area contributed by atoms with Crippen molar-refractivity contribution in [2.45, 2.75) is 44.2 Å². The van der Waals surface area contributed by atoms with Crippen LogP contribution in [0.2, 0.25) is 0 Å². The second-order valence-corrected chi connectivity index (χ2v) is 10.5. The quantitative estimate of drug-likeness (QED) is 0.542. The predicted molar refractivity (Wildman–Crippen MR) is 139 cm³/mol. The highest BCUT2D eigenvalue weighted by Gasteiger charge is 2.39. The van der Waals surface area contributed by atoms with Gasteiger partial charge in [0.1, 0.15) is 0 Å². The number of morpholine rings is 1. The summed E-state index contributed by atoms with van der Waals surface area (Å²) in [5.41, 5.74) is 2.66. The Morgan fingerprint density at radius 3 is 2.51 bits per heavy atom. The van der Waals surface area contributed by atoms with E-state index in [1.54, 1.807) is 6.20 Å². The van der Waals surface area contributed by atoms with Gasteiger partial charge < -0.3 is 24.5 Å². The second-order valence-electron chi connectivity index (χ2n) is 10.5. The SMILES string of the molecule is Cc1cc2[nH]c(=O)c3cnn(C4CCOCC4)c3c2cc1C(=O)NCC1(N2CCOCC2)CCOCC1. The summed E-state index contributed by atoms with van der Waals surface area (Å²) in [5.74, 6) is -0.102. The van der Waals surface area contributed by atoms with E-state index in [-0.39, 0.29) is 23.0 Å². The normalized spacial score (nSPS) is 21.4. The molecule has 3 saturated heterocycles. The Morgan fingerprint density at radius 2 is 1.76 bits per heavy atom. The highest BCUT2D eigenvalue weighted by Crippen LogP contribution is 2.31. The lowest BCUT2D eigenvalue weighted by Crippen LogP contribution is -2.61. The maximum atomic E-state index is 13.6. The number of nitrogens with one attached hydrogen (secondary N) is 2. The van der Waals surface area contributed by atoms with Crippen LogP contribution in [0.1, 0.15) is 47.6 Å². The second kappa shape index (κ2) is 10.2. The lowest BCUT2D eigenvalue weighted by molar-refractivity contribution is -0.0693. The first-order valence-corrected chi connectivity index (χ1v) is 13.4. The third-order valence-corrected chi connectivity index (χ3v) is 8.37. The van der Waals surface area contributed by atoms with E-state index < -0.39 is 0 Å². The van der Waals surface area contributed by atoms with E-state index in [2.05, 4.69) is 20.3 Å². The fraction of sp³-hybridized carbons (Fsp3) is 0.593. The Morgan fingerprint density at radius 1 is 1.05 bits per heavy atom. The number of carbonyl (C=O) groups is 1. The average Bonchev–Trinajstić information content (AvgIpc) is 3.39. The number of hydrogen-bond acceptors (Lipinski definition) is 7. The van der Waals surface area contributed by atoms with Crippen molar-refractivity contribution in [2.75, 3.05) is 59.3 Å². The molecule has 3 aliphatic rings. The average molecular weight is 510 g/mol. The van der Waals surface area contributed by atoms with E-state index in [9.17, 15) is 9.59 Å². The van der Waals surface area contributed by atoms with Crippen LogP contribution in [-0.2, 0) is 14.2 Å². The van der Waals surface area contributed by atoms with Gasteiger partial charge in [-0.15, -0.1) is 0 Å². The molecular formula is C27H35N5O5. The summed E-state index contributed by atoms with van der Waals surface area (Å²) in [7, 11) is 0. The smallest absolute Gasteiger partial charge is 0.259 e. The number of hydrogen-bond donors (Lipinski definition) is 2. The van der Waals surface area contributed by atoms with E-state index in [0.29, 0.717) is 43.9 Å². The minimum absolute atomic E-state index is 0.102. The van der Waals surface area contributed by atoms with Crippen molar-refractivity contribution in [2.24, 2.45) is 0 Å². The molecule has 0 spiro atoms. The molecule has 37 heavy (non-hydrogen) atoms. The number of aryl methyl sites for hydroxylation is 1. The Hall–Kier alpha value is -2.79. The van der Waals surface area contributed by atoms with Gasteiger partial charge in [-0.3, -0.25) is 19.2 Å². The third kappa shape index (κ3) is 4.56. The first-order chi connectivity index (χ1) is 18.1. The first-order valence-electron chi connectivity index (χ1n) is 13.4. The van der Waals surface area contributed by atoms with Gasteiger partial charge in [0.2, 0.25) is 0 Å². The van der Waals surface area contributed by atoms with Crippen molar-refractivity contribution < 1.29 is 19.0 Å². The number of fused-ring (bicyclic) bond motifs is 3. The molecule has 3 aliphatic heterocycles. The third-order valence-electron chi connectivity index (χ3n) is 8.37. The molecule has 0 atom stereocenters. The topological polar surface area (TPSA) is 111 Å². The molecule has 2 N–H and O–H groups in total. The number of amides is 1. The molecule has 5 heterocycles. The molecule has 0 aliphatic carbocycles. The molecule has 0 saturated carbocycles. The number of nitrogens with zero attached hydrogens (tertiary/aromatic N) is 3. The van der Waals surface area contributed by atoms with Crippen LogP contribution in [0, 0.1) is 6.92 Å². The number of rotatable bonds is 5. The Labute approximate surface area is 215 Å². The Bertz CT molecular complexity index is 1350. The summed E-state index contributed by atoms with van der Waals surface area (Å²) in [6, 6.07) is 3.98. The van der Waals surface area contributed by atoms with Gasteiger partial charge in [0.15, 0.2) is 0 Å². The van der Waals surface area contributed by atoms with Crippen LogP contribution in [0.4, 0.5) is 0 Å². The van der Waals surface area contributed by atoms with Crippen molar-refractivity contribution in [3.05, 3.63) is 39.8 Å². The minimum atomic E-state index is -0.163. The summed E-state index contributed by atoms with van der Waals surface area (Å²) < 4.78 is 18.7. The lowest BCUT2D eigenvalue weighted by Gasteiger charge is -2.47. The van der Waals surface area contributed by atoms with Crippen LogP contribution in [0.25, 0.3) is 21.8 Å². The molecule has 6 rings (SSSR count). The lowest BCUT2D eigenvalue weighted by atomic mass is 9.87. The van der Waals surface area contributed by atoms with Gasteiger partial charge in [0.25, 0.3) is 11.5 Å². The summed E-state index contributed by atoms with van der Waals surface area (Å²) in [5, 5.41) is 9.23. The van der Waals surface area contributed by atoms with Crippen LogP contribution in [0.3, 0.4) is 0 Å². The number of H-pyrrole nitrogens is 1. The standard InChI is InChI=1S/C27H35N5O5/c1-18-14-23-21(24-22(26(34)30-23)16-29-32(24)19-2-8-35-9-3-19)15-20(18)25(33)28-17-27(4-10-36-11-5-27)31-6-12-37-13-7-31/h14-16,19H,2-13,17H2,1H3,(H,28,33)(H,30,34). The van der Waals surface area contributed by atoms with Crippen molar-refractivity contribution in [1.29, 1.82) is 0 Å². The van der Waals surface area contributed by atoms with E-state index in [1.807, 2.05) is 23.7 Å². The molecule has 3 fully saturated rings. The van der Waals surface area contributed by atoms with Crippen molar-refractivity contribution in [1.82, 2.24) is 25.0 Å². The van der Waals surface area contributed by atoms with Gasteiger partial charge >= 0.3 is 0 Å². The van der Waals surface area contributed by atoms with Crippen LogP contribution >= 0.6 is 0 Å². The number of ether oxygens (including phenoxy) is 3. The van der Waals surface area contributed by atoms with Crippen LogP contribution in [0.5, 0.6) is 0 Å². The number of carbonyl (C=O) groups excluding carboxylic acids is 1. The zero-order valence-corrected chi connectivity index (χ0v) is 21.4. The number of aromatic amines is 1. The molecule has 2 aromatic heterocycles. The van der Waals surface area contributed by atoms with Gasteiger partial charge in [-0.25, -0.2) is 0 Å². The van der Waals surface area contributed by atoms with Crippen LogP contribution in [-0.4, -0.2) is 90.4 Å². The van der Waals surface area contributed by atoms with Crippen molar-refractivity contribution in [3.8, 4) is 0 Å². The maximum absolute atomic E-state index is 13.6. The van der Waals surface area contributed by atoms with Crippen LogP contribution in [0.15, 0.2) is 23.1 Å². The summed E-state index contributed by atoms with van der Waals surface area (Å²) in [6.45, 7) is 8.40. The Balaban J connectivity index is 1.34. The van der Waals surface area contributed by atoms with E-state index >= 15 is 0 Å². The molecule has 1 amide bonds. The minimum Gasteiger partial charge on any atom is -0.381 e. The van der Waals surface area contributed by atoms with Gasteiger partial charge in [-0.1, -0.05) is 0 Å². The molecule has 10 nitrogen and oxygen atoms in total. The van der Waals surface area contributed by atoms with Gasteiger partial charge in [0.05, 0.1) is 41.9 Å². The van der Waals surface area contributed by atoms with Crippen molar-refractivity contribution in [3.63, 3.8) is 0 Å². The van der Waals surface area contributed by atoms with E-state index in [4.69, 9.17) is 14.2 Å². The van der Waals surface area contributed by atoms with E-state index in [0.717, 1.165) is 74.0 Å². The fourth-order valence-corrected chi connectivity index (χ4v) is 6.18. The molecule has 1 aromatic carbocycles. The fourth-order valence-electron chi connectivity index (χ4n) is 6.18. The predicted octanol–water partition coefficient (Wildman–Crippen LogP) is 2.15. The number of benzene rings is 1. The molecule has 0 radical (unpaired) electrons. The highest BCUT2D eigenvalue weighted by atomic mass is 16.5. The Kier molecular flexibility index (Phi) is 6.74. The zero-order valence-electron chi connectivity index (χ0n) is 21.4. The summed E-state index contributed by atoms with van der Waals surface area (Å²) in [4.78, 5) is 31.9. The largest absolute Gasteiger partial charge is 0.381 e. The molecular weight excluding hydrogens is 474 g/mol. The monoisotopic (exact) mass is 509 g/mol. The van der Waals surface area contributed by atoms with Gasteiger partial charge in [0, 0.05) is 62.6 Å². The molecule has 10 heteroatoms. The highest BCUT2D eigenvalue weighted by molar-refractivity contribution is 6.07. The maximum Gasteiger partial charge on any atom is 0.259 e. The van der Waals surface area contributed by atoms with Gasteiger partial charge in [-0.05, 0) is 50.3 Å². The summed E-state index contributed by atoms with van der Waals surface area (Å²) in [6.07, 6.45) is 5.10. The van der Waals surface area contributed by atoms with E-state index in [1.165, 1.54) is 0 Å². The first kappa shape index (κ1) is 24.5. The number of pyridine rings is 1.